The highest BCUT2D eigenvalue weighted by Gasteiger charge is 2.16. The van der Waals surface area contributed by atoms with Gasteiger partial charge in [0.05, 0.1) is 16.1 Å². The maximum Gasteiger partial charge on any atom is 0.345 e. The van der Waals surface area contributed by atoms with Crippen molar-refractivity contribution in [2.24, 2.45) is 0 Å². The van der Waals surface area contributed by atoms with E-state index in [2.05, 4.69) is 0 Å². The SMILES string of the molecule is O=Cc1ccc2ccccc2c1OC(=O)c1ccccc1Cl. The van der Waals surface area contributed by atoms with E-state index in [0.717, 1.165) is 5.39 Å². The molecular weight excluding hydrogens is 300 g/mol. The Morgan fingerprint density at radius 2 is 1.68 bits per heavy atom. The quantitative estimate of drug-likeness (QED) is 0.406. The molecule has 0 bridgehead atoms. The van der Waals surface area contributed by atoms with Crippen LogP contribution in [0.4, 0.5) is 0 Å². The topological polar surface area (TPSA) is 43.4 Å². The van der Waals surface area contributed by atoms with Gasteiger partial charge in [-0.2, -0.15) is 0 Å². The zero-order valence-corrected chi connectivity index (χ0v) is 12.2. The van der Waals surface area contributed by atoms with Crippen molar-refractivity contribution in [1.82, 2.24) is 0 Å². The molecule has 3 rings (SSSR count). The summed E-state index contributed by atoms with van der Waals surface area (Å²) in [6, 6.07) is 17.5. The molecule has 0 heterocycles. The first-order valence-corrected chi connectivity index (χ1v) is 7.02. The number of hydrogen-bond acceptors (Lipinski definition) is 3. The van der Waals surface area contributed by atoms with E-state index in [1.54, 1.807) is 36.4 Å². The Labute approximate surface area is 132 Å². The Morgan fingerprint density at radius 1 is 0.955 bits per heavy atom. The molecule has 0 aromatic heterocycles. The van der Waals surface area contributed by atoms with Crippen LogP contribution < -0.4 is 4.74 Å². The molecule has 22 heavy (non-hydrogen) atoms. The van der Waals surface area contributed by atoms with Crippen molar-refractivity contribution in [3.05, 3.63) is 76.8 Å². The second-order valence-electron chi connectivity index (χ2n) is 4.69. The van der Waals surface area contributed by atoms with Crippen molar-refractivity contribution in [1.29, 1.82) is 0 Å². The van der Waals surface area contributed by atoms with E-state index in [1.807, 2.05) is 24.3 Å². The number of ether oxygens (including phenoxy) is 1. The molecule has 0 aliphatic rings. The molecule has 3 aromatic rings. The van der Waals surface area contributed by atoms with Crippen LogP contribution in [0, 0.1) is 0 Å². The summed E-state index contributed by atoms with van der Waals surface area (Å²) >= 11 is 6.01. The zero-order valence-electron chi connectivity index (χ0n) is 11.5. The number of esters is 1. The molecule has 0 aliphatic carbocycles. The summed E-state index contributed by atoms with van der Waals surface area (Å²) in [4.78, 5) is 23.6. The predicted molar refractivity (Wildman–Crippen MR) is 85.7 cm³/mol. The third-order valence-electron chi connectivity index (χ3n) is 3.33. The molecule has 0 fully saturated rings. The number of rotatable bonds is 3. The van der Waals surface area contributed by atoms with Gasteiger partial charge in [-0.05, 0) is 23.6 Å². The van der Waals surface area contributed by atoms with E-state index in [-0.39, 0.29) is 11.3 Å². The fourth-order valence-electron chi connectivity index (χ4n) is 2.24. The summed E-state index contributed by atoms with van der Waals surface area (Å²) in [6.45, 7) is 0. The highest BCUT2D eigenvalue weighted by Crippen LogP contribution is 2.30. The molecule has 0 saturated carbocycles. The number of fused-ring (bicyclic) bond motifs is 1. The lowest BCUT2D eigenvalue weighted by molar-refractivity contribution is 0.0736. The molecule has 0 spiro atoms. The van der Waals surface area contributed by atoms with Crippen LogP contribution in [0.2, 0.25) is 5.02 Å². The van der Waals surface area contributed by atoms with E-state index in [4.69, 9.17) is 16.3 Å². The average Bonchev–Trinajstić information content (AvgIpc) is 2.55. The van der Waals surface area contributed by atoms with E-state index in [1.165, 1.54) is 0 Å². The maximum absolute atomic E-state index is 12.3. The molecule has 0 saturated heterocycles. The van der Waals surface area contributed by atoms with Crippen LogP contribution in [0.1, 0.15) is 20.7 Å². The molecule has 0 N–H and O–H groups in total. The average molecular weight is 311 g/mol. The van der Waals surface area contributed by atoms with Crippen LogP contribution >= 0.6 is 11.6 Å². The molecule has 108 valence electrons. The van der Waals surface area contributed by atoms with Gasteiger partial charge in [0.15, 0.2) is 6.29 Å². The van der Waals surface area contributed by atoms with Gasteiger partial charge in [-0.25, -0.2) is 4.79 Å². The molecular formula is C18H11ClO3. The third kappa shape index (κ3) is 2.59. The van der Waals surface area contributed by atoms with Crippen LogP contribution in [0.25, 0.3) is 10.8 Å². The monoisotopic (exact) mass is 310 g/mol. The highest BCUT2D eigenvalue weighted by atomic mass is 35.5. The van der Waals surface area contributed by atoms with E-state index in [0.29, 0.717) is 22.3 Å². The summed E-state index contributed by atoms with van der Waals surface area (Å²) in [6.07, 6.45) is 0.668. The normalized spacial score (nSPS) is 10.4. The highest BCUT2D eigenvalue weighted by molar-refractivity contribution is 6.33. The minimum atomic E-state index is -0.593. The van der Waals surface area contributed by atoms with Crippen molar-refractivity contribution >= 4 is 34.6 Å². The lowest BCUT2D eigenvalue weighted by Gasteiger charge is -2.11. The molecule has 0 aliphatic heterocycles. The van der Waals surface area contributed by atoms with Crippen molar-refractivity contribution in [2.45, 2.75) is 0 Å². The number of aldehydes is 1. The Morgan fingerprint density at radius 3 is 2.45 bits per heavy atom. The molecule has 4 heteroatoms. The standard InChI is InChI=1S/C18H11ClO3/c19-16-8-4-3-7-15(16)18(21)22-17-13(11-20)10-9-12-5-1-2-6-14(12)17/h1-11H. The smallest absolute Gasteiger partial charge is 0.345 e. The molecule has 0 amide bonds. The van der Waals surface area contributed by atoms with Gasteiger partial charge in [-0.1, -0.05) is 54.1 Å². The van der Waals surface area contributed by atoms with Crippen LogP contribution in [0.3, 0.4) is 0 Å². The Kier molecular flexibility index (Phi) is 3.90. The Bertz CT molecular complexity index is 871. The van der Waals surface area contributed by atoms with Gasteiger partial charge in [-0.15, -0.1) is 0 Å². The van der Waals surface area contributed by atoms with E-state index >= 15 is 0 Å². The molecule has 0 radical (unpaired) electrons. The van der Waals surface area contributed by atoms with Gasteiger partial charge in [-0.3, -0.25) is 4.79 Å². The van der Waals surface area contributed by atoms with Crippen molar-refractivity contribution in [2.75, 3.05) is 0 Å². The first-order chi connectivity index (χ1) is 10.7. The van der Waals surface area contributed by atoms with Gasteiger partial charge in [0.1, 0.15) is 5.75 Å². The van der Waals surface area contributed by atoms with Gasteiger partial charge in [0, 0.05) is 5.39 Å². The molecule has 3 nitrogen and oxygen atoms in total. The summed E-state index contributed by atoms with van der Waals surface area (Å²) in [7, 11) is 0. The summed E-state index contributed by atoms with van der Waals surface area (Å²) < 4.78 is 5.46. The predicted octanol–water partition coefficient (Wildman–Crippen LogP) is 4.52. The zero-order chi connectivity index (χ0) is 15.5. The van der Waals surface area contributed by atoms with Gasteiger partial charge < -0.3 is 4.74 Å². The van der Waals surface area contributed by atoms with Crippen LogP contribution in [-0.4, -0.2) is 12.3 Å². The van der Waals surface area contributed by atoms with Gasteiger partial charge >= 0.3 is 5.97 Å². The van der Waals surface area contributed by atoms with Gasteiger partial charge in [0.2, 0.25) is 0 Å². The molecule has 3 aromatic carbocycles. The third-order valence-corrected chi connectivity index (χ3v) is 3.66. The fraction of sp³-hybridized carbons (Fsp3) is 0. The number of carbonyl (C=O) groups is 2. The second-order valence-corrected chi connectivity index (χ2v) is 5.10. The number of hydrogen-bond donors (Lipinski definition) is 0. The van der Waals surface area contributed by atoms with Gasteiger partial charge in [0.25, 0.3) is 0 Å². The molecule has 0 atom stereocenters. The van der Waals surface area contributed by atoms with Crippen LogP contribution in [0.5, 0.6) is 5.75 Å². The van der Waals surface area contributed by atoms with Crippen molar-refractivity contribution in [3.8, 4) is 5.75 Å². The van der Waals surface area contributed by atoms with Crippen LogP contribution in [0.15, 0.2) is 60.7 Å². The fourth-order valence-corrected chi connectivity index (χ4v) is 2.45. The van der Waals surface area contributed by atoms with E-state index in [9.17, 15) is 9.59 Å². The summed E-state index contributed by atoms with van der Waals surface area (Å²) in [5, 5.41) is 1.89. The second kappa shape index (κ2) is 6.00. The lowest BCUT2D eigenvalue weighted by atomic mass is 10.1. The Hall–Kier alpha value is -2.65. The minimum Gasteiger partial charge on any atom is -0.421 e. The number of carbonyl (C=O) groups excluding carboxylic acids is 2. The largest absolute Gasteiger partial charge is 0.421 e. The summed E-state index contributed by atoms with van der Waals surface area (Å²) in [5.74, 6) is -0.344. The number of benzene rings is 3. The van der Waals surface area contributed by atoms with Crippen molar-refractivity contribution < 1.29 is 14.3 Å². The first-order valence-electron chi connectivity index (χ1n) is 6.64. The van der Waals surface area contributed by atoms with Crippen LogP contribution in [-0.2, 0) is 0 Å². The summed E-state index contributed by atoms with van der Waals surface area (Å²) in [5.41, 5.74) is 0.577. The number of halogens is 1. The Balaban J connectivity index is 2.08. The maximum atomic E-state index is 12.3. The minimum absolute atomic E-state index is 0.248. The molecule has 0 unspecified atom stereocenters. The lowest BCUT2D eigenvalue weighted by Crippen LogP contribution is -2.10. The van der Waals surface area contributed by atoms with E-state index < -0.39 is 5.97 Å². The first kappa shape index (κ1) is 14.3. The van der Waals surface area contributed by atoms with Crippen molar-refractivity contribution in [3.63, 3.8) is 0 Å².